The van der Waals surface area contributed by atoms with E-state index in [1.165, 1.54) is 40.9 Å². The van der Waals surface area contributed by atoms with Crippen LogP contribution in [-0.2, 0) is 9.59 Å². The maximum absolute atomic E-state index is 13.1. The van der Waals surface area contributed by atoms with Gasteiger partial charge >= 0.3 is 0 Å². The molecule has 0 spiro atoms. The van der Waals surface area contributed by atoms with E-state index >= 15 is 0 Å². The van der Waals surface area contributed by atoms with Gasteiger partial charge in [0.2, 0.25) is 11.8 Å². The molecule has 7 heteroatoms. The molecule has 0 saturated carbocycles. The average molecular weight is 367 g/mol. The third-order valence-corrected chi connectivity index (χ3v) is 4.71. The molecule has 0 aliphatic heterocycles. The second-order valence-electron chi connectivity index (χ2n) is 4.96. The Morgan fingerprint density at radius 3 is 2.42 bits per heavy atom. The summed E-state index contributed by atoms with van der Waals surface area (Å²) in [6.45, 7) is 0.142. The Bertz CT molecular complexity index is 725. The predicted octanol–water partition coefficient (Wildman–Crippen LogP) is 3.48. The van der Waals surface area contributed by atoms with E-state index in [0.29, 0.717) is 10.7 Å². The number of benzene rings is 2. The van der Waals surface area contributed by atoms with Gasteiger partial charge in [-0.1, -0.05) is 23.7 Å². The smallest absolute Gasteiger partial charge is 0.237 e. The first-order valence-electron chi connectivity index (χ1n) is 7.19. The highest BCUT2D eigenvalue weighted by atomic mass is 35.5. The molecule has 2 aromatic carbocycles. The normalized spacial score (nSPS) is 10.4. The highest BCUT2D eigenvalue weighted by molar-refractivity contribution is 8.00. The first-order valence-corrected chi connectivity index (χ1v) is 8.55. The number of hydrogen-bond donors (Lipinski definition) is 1. The molecule has 2 aromatic rings. The summed E-state index contributed by atoms with van der Waals surface area (Å²) in [4.78, 5) is 25.8. The molecule has 24 heavy (non-hydrogen) atoms. The summed E-state index contributed by atoms with van der Waals surface area (Å²) in [5, 5.41) is 0.570. The number of rotatable bonds is 7. The lowest BCUT2D eigenvalue weighted by atomic mass is 10.2. The van der Waals surface area contributed by atoms with E-state index < -0.39 is 11.7 Å². The molecule has 0 fully saturated rings. The maximum atomic E-state index is 13.1. The molecule has 0 radical (unpaired) electrons. The summed E-state index contributed by atoms with van der Waals surface area (Å²) < 4.78 is 13.1. The lowest BCUT2D eigenvalue weighted by molar-refractivity contribution is -0.118. The zero-order valence-corrected chi connectivity index (χ0v) is 14.3. The number of carbonyl (C=O) groups is 2. The number of anilines is 1. The number of nitrogens with zero attached hydrogens (tertiary/aromatic N) is 1. The van der Waals surface area contributed by atoms with E-state index in [4.69, 9.17) is 17.3 Å². The SMILES string of the molecule is NC(=O)CCN(C(=O)CSc1ccccc1Cl)c1ccc(F)cc1. The van der Waals surface area contributed by atoms with Crippen molar-refractivity contribution in [2.75, 3.05) is 17.2 Å². The minimum atomic E-state index is -0.506. The number of nitrogens with two attached hydrogens (primary N) is 1. The second-order valence-corrected chi connectivity index (χ2v) is 6.38. The van der Waals surface area contributed by atoms with Gasteiger partial charge in [-0.25, -0.2) is 4.39 Å². The number of halogens is 2. The third kappa shape index (κ3) is 5.25. The Labute approximate surface area is 148 Å². The van der Waals surface area contributed by atoms with Crippen LogP contribution >= 0.6 is 23.4 Å². The summed E-state index contributed by atoms with van der Waals surface area (Å²) in [7, 11) is 0. The van der Waals surface area contributed by atoms with Crippen molar-refractivity contribution in [3.8, 4) is 0 Å². The second kappa shape index (κ2) is 8.70. The third-order valence-electron chi connectivity index (χ3n) is 3.21. The van der Waals surface area contributed by atoms with Crippen LogP contribution in [0, 0.1) is 5.82 Å². The minimum Gasteiger partial charge on any atom is -0.370 e. The van der Waals surface area contributed by atoms with Gasteiger partial charge in [0.15, 0.2) is 0 Å². The fraction of sp³-hybridized carbons (Fsp3) is 0.176. The average Bonchev–Trinajstić information content (AvgIpc) is 2.55. The van der Waals surface area contributed by atoms with Crippen LogP contribution in [0.2, 0.25) is 5.02 Å². The van der Waals surface area contributed by atoms with Crippen LogP contribution in [0.4, 0.5) is 10.1 Å². The molecule has 0 aliphatic carbocycles. The van der Waals surface area contributed by atoms with Crippen LogP contribution in [0.15, 0.2) is 53.4 Å². The summed E-state index contributed by atoms with van der Waals surface area (Å²) in [5.74, 6) is -0.979. The number of thioether (sulfide) groups is 1. The molecule has 2 rings (SSSR count). The van der Waals surface area contributed by atoms with E-state index in [1.807, 2.05) is 18.2 Å². The van der Waals surface area contributed by atoms with Crippen LogP contribution in [0.25, 0.3) is 0 Å². The van der Waals surface area contributed by atoms with Crippen molar-refractivity contribution < 1.29 is 14.0 Å². The zero-order chi connectivity index (χ0) is 17.5. The van der Waals surface area contributed by atoms with Gasteiger partial charge in [0.05, 0.1) is 10.8 Å². The van der Waals surface area contributed by atoms with Crippen molar-refractivity contribution in [2.45, 2.75) is 11.3 Å². The summed E-state index contributed by atoms with van der Waals surface area (Å²) in [6, 6.07) is 12.7. The van der Waals surface area contributed by atoms with Crippen molar-refractivity contribution in [1.29, 1.82) is 0 Å². The predicted molar refractivity (Wildman–Crippen MR) is 94.7 cm³/mol. The summed E-state index contributed by atoms with van der Waals surface area (Å²) in [6.07, 6.45) is 0.0277. The Hall–Kier alpha value is -2.05. The van der Waals surface area contributed by atoms with Crippen molar-refractivity contribution in [3.05, 3.63) is 59.4 Å². The Balaban J connectivity index is 2.10. The molecule has 2 amide bonds. The van der Waals surface area contributed by atoms with Crippen LogP contribution in [-0.4, -0.2) is 24.1 Å². The van der Waals surface area contributed by atoms with Crippen LogP contribution < -0.4 is 10.6 Å². The zero-order valence-electron chi connectivity index (χ0n) is 12.7. The van der Waals surface area contributed by atoms with Crippen LogP contribution in [0.3, 0.4) is 0 Å². The van der Waals surface area contributed by atoms with Gasteiger partial charge in [-0.05, 0) is 36.4 Å². The summed E-state index contributed by atoms with van der Waals surface area (Å²) in [5.41, 5.74) is 5.68. The number of amides is 2. The molecule has 2 N–H and O–H groups in total. The van der Waals surface area contributed by atoms with Crippen molar-refractivity contribution in [2.24, 2.45) is 5.73 Å². The Morgan fingerprint density at radius 2 is 1.79 bits per heavy atom. The van der Waals surface area contributed by atoms with Gasteiger partial charge in [-0.3, -0.25) is 9.59 Å². The van der Waals surface area contributed by atoms with Gasteiger partial charge in [-0.15, -0.1) is 11.8 Å². The molecule has 0 bridgehead atoms. The number of hydrogen-bond acceptors (Lipinski definition) is 3. The van der Waals surface area contributed by atoms with Gasteiger partial charge in [0.25, 0.3) is 0 Å². The Morgan fingerprint density at radius 1 is 1.12 bits per heavy atom. The van der Waals surface area contributed by atoms with Gasteiger partial charge in [-0.2, -0.15) is 0 Å². The molecule has 0 aliphatic rings. The molecule has 0 saturated heterocycles. The molecular weight excluding hydrogens is 351 g/mol. The quantitative estimate of drug-likeness (QED) is 0.763. The monoisotopic (exact) mass is 366 g/mol. The van der Waals surface area contributed by atoms with E-state index in [2.05, 4.69) is 0 Å². The van der Waals surface area contributed by atoms with Gasteiger partial charge in [0, 0.05) is 23.5 Å². The molecule has 0 atom stereocenters. The summed E-state index contributed by atoms with van der Waals surface area (Å²) >= 11 is 7.38. The standard InChI is InChI=1S/C17H16ClFN2O2S/c18-14-3-1-2-4-15(14)24-11-17(23)21(10-9-16(20)22)13-7-5-12(19)6-8-13/h1-8H,9-11H2,(H2,20,22). The highest BCUT2D eigenvalue weighted by Crippen LogP contribution is 2.27. The number of carbonyl (C=O) groups excluding carboxylic acids is 2. The highest BCUT2D eigenvalue weighted by Gasteiger charge is 2.17. The first kappa shape index (κ1) is 18.3. The lowest BCUT2D eigenvalue weighted by Crippen LogP contribution is -2.35. The van der Waals surface area contributed by atoms with Gasteiger partial charge < -0.3 is 10.6 Å². The molecule has 0 unspecified atom stereocenters. The fourth-order valence-corrected chi connectivity index (χ4v) is 3.13. The maximum Gasteiger partial charge on any atom is 0.237 e. The molecule has 0 heterocycles. The van der Waals surface area contributed by atoms with Crippen LogP contribution in [0.1, 0.15) is 6.42 Å². The fourth-order valence-electron chi connectivity index (χ4n) is 2.02. The topological polar surface area (TPSA) is 63.4 Å². The Kier molecular flexibility index (Phi) is 6.63. The van der Waals surface area contributed by atoms with E-state index in [1.54, 1.807) is 6.07 Å². The van der Waals surface area contributed by atoms with E-state index in [9.17, 15) is 14.0 Å². The minimum absolute atomic E-state index is 0.0277. The first-order chi connectivity index (χ1) is 11.5. The number of primary amides is 1. The van der Waals surface area contributed by atoms with Crippen molar-refractivity contribution in [1.82, 2.24) is 0 Å². The van der Waals surface area contributed by atoms with Crippen molar-refractivity contribution >= 4 is 40.9 Å². The van der Waals surface area contributed by atoms with E-state index in [0.717, 1.165) is 4.90 Å². The largest absolute Gasteiger partial charge is 0.370 e. The lowest BCUT2D eigenvalue weighted by Gasteiger charge is -2.22. The molecular formula is C17H16ClFN2O2S. The van der Waals surface area contributed by atoms with Gasteiger partial charge in [0.1, 0.15) is 5.82 Å². The molecule has 0 aromatic heterocycles. The van der Waals surface area contributed by atoms with Crippen LogP contribution in [0.5, 0.6) is 0 Å². The molecule has 4 nitrogen and oxygen atoms in total. The van der Waals surface area contributed by atoms with E-state index in [-0.39, 0.29) is 24.6 Å². The molecule has 126 valence electrons. The van der Waals surface area contributed by atoms with Crippen molar-refractivity contribution in [3.63, 3.8) is 0 Å².